The quantitative estimate of drug-likeness (QED) is 0.444. The number of halogens is 1. The summed E-state index contributed by atoms with van der Waals surface area (Å²) in [5.41, 5.74) is 1.66. The van der Waals surface area contributed by atoms with Crippen molar-refractivity contribution in [3.8, 4) is 17.1 Å². The standard InChI is InChI=1S/C30H37ClN6O5/c1-20-29(39)32-15-5-17-37(19-27-34-28(35-42-27)22-9-11-23(31)12-10-22)16-4-6-26(38)33-25(30(40)36(20)2)18-21-7-13-24(41-3)14-8-21/h7-14,20,25H,4-6,15-19H2,1-3H3,(H,32,39)(H,33,38)/t20-,25-/m0/s1. The molecule has 2 aromatic carbocycles. The normalized spacial score (nSPS) is 19.9. The summed E-state index contributed by atoms with van der Waals surface area (Å²) in [5, 5.41) is 10.6. The maximum atomic E-state index is 13.5. The van der Waals surface area contributed by atoms with Crippen LogP contribution in [0, 0.1) is 0 Å². The van der Waals surface area contributed by atoms with Gasteiger partial charge in [-0.1, -0.05) is 28.9 Å². The van der Waals surface area contributed by atoms with Crippen LogP contribution in [-0.4, -0.2) is 83.5 Å². The number of benzene rings is 2. The lowest BCUT2D eigenvalue weighted by Crippen LogP contribution is -2.54. The molecule has 4 rings (SSSR count). The fourth-order valence-corrected chi connectivity index (χ4v) is 4.82. The largest absolute Gasteiger partial charge is 0.497 e. The SMILES string of the molecule is COc1ccc(C[C@@H]2NC(=O)CCCN(Cc3nc(-c4ccc(Cl)cc4)no3)CCCNC(=O)[C@H](C)N(C)C2=O)cc1. The molecular weight excluding hydrogens is 560 g/mol. The highest BCUT2D eigenvalue weighted by molar-refractivity contribution is 6.30. The number of ether oxygens (including phenoxy) is 1. The summed E-state index contributed by atoms with van der Waals surface area (Å²) in [6.45, 7) is 3.75. The summed E-state index contributed by atoms with van der Waals surface area (Å²) in [7, 11) is 3.17. The highest BCUT2D eigenvalue weighted by Gasteiger charge is 2.30. The Bertz CT molecular complexity index is 1350. The van der Waals surface area contributed by atoms with Gasteiger partial charge in [0, 0.05) is 43.6 Å². The third-order valence-electron chi connectivity index (χ3n) is 7.30. The zero-order valence-corrected chi connectivity index (χ0v) is 24.9. The fraction of sp³-hybridized carbons (Fsp3) is 0.433. The van der Waals surface area contributed by atoms with Crippen LogP contribution in [0.4, 0.5) is 0 Å². The number of hydrogen-bond donors (Lipinski definition) is 2. The first kappa shape index (κ1) is 31.0. The van der Waals surface area contributed by atoms with Crippen LogP contribution in [0.25, 0.3) is 11.4 Å². The molecule has 2 atom stereocenters. The number of likely N-dealkylation sites (N-methyl/N-ethyl adjacent to an activating group) is 1. The summed E-state index contributed by atoms with van der Waals surface area (Å²) in [4.78, 5) is 47.4. The second-order valence-corrected chi connectivity index (χ2v) is 10.8. The van der Waals surface area contributed by atoms with Crippen molar-refractivity contribution >= 4 is 29.3 Å². The fourth-order valence-electron chi connectivity index (χ4n) is 4.70. The number of carbonyl (C=O) groups is 3. The van der Waals surface area contributed by atoms with Crippen LogP contribution in [-0.2, 0) is 27.3 Å². The van der Waals surface area contributed by atoms with E-state index in [4.69, 9.17) is 20.9 Å². The van der Waals surface area contributed by atoms with E-state index in [9.17, 15) is 14.4 Å². The van der Waals surface area contributed by atoms with Crippen LogP contribution < -0.4 is 15.4 Å². The molecule has 3 aromatic rings. The number of aromatic nitrogens is 2. The zero-order chi connectivity index (χ0) is 30.1. The van der Waals surface area contributed by atoms with Crippen LogP contribution in [0.2, 0.25) is 5.02 Å². The van der Waals surface area contributed by atoms with Gasteiger partial charge < -0.3 is 24.8 Å². The van der Waals surface area contributed by atoms with Crippen LogP contribution in [0.5, 0.6) is 5.75 Å². The molecule has 12 heteroatoms. The van der Waals surface area contributed by atoms with E-state index in [0.717, 1.165) is 11.1 Å². The van der Waals surface area contributed by atoms with Crippen LogP contribution in [0.3, 0.4) is 0 Å². The molecule has 224 valence electrons. The molecule has 11 nitrogen and oxygen atoms in total. The van der Waals surface area contributed by atoms with Crippen molar-refractivity contribution in [2.45, 2.75) is 51.2 Å². The van der Waals surface area contributed by atoms with Gasteiger partial charge >= 0.3 is 0 Å². The molecule has 1 aliphatic heterocycles. The number of nitrogens with zero attached hydrogens (tertiary/aromatic N) is 4. The third kappa shape index (κ3) is 8.53. The molecule has 42 heavy (non-hydrogen) atoms. The minimum absolute atomic E-state index is 0.231. The summed E-state index contributed by atoms with van der Waals surface area (Å²) in [6, 6.07) is 13.0. The zero-order valence-electron chi connectivity index (χ0n) is 24.1. The molecule has 2 heterocycles. The highest BCUT2D eigenvalue weighted by Crippen LogP contribution is 2.19. The maximum absolute atomic E-state index is 13.5. The highest BCUT2D eigenvalue weighted by atomic mass is 35.5. The Morgan fingerprint density at radius 1 is 1.05 bits per heavy atom. The first-order valence-corrected chi connectivity index (χ1v) is 14.4. The molecule has 2 N–H and O–H groups in total. The van der Waals surface area contributed by atoms with E-state index in [-0.39, 0.29) is 30.6 Å². The average Bonchev–Trinajstić information content (AvgIpc) is 3.46. The molecule has 1 aromatic heterocycles. The summed E-state index contributed by atoms with van der Waals surface area (Å²) < 4.78 is 10.7. The molecule has 1 aliphatic rings. The van der Waals surface area contributed by atoms with E-state index in [1.165, 1.54) is 4.90 Å². The van der Waals surface area contributed by atoms with E-state index in [0.29, 0.717) is 61.5 Å². The van der Waals surface area contributed by atoms with Crippen molar-refractivity contribution in [1.29, 1.82) is 0 Å². The second kappa shape index (κ2) is 14.8. The Hall–Kier alpha value is -3.96. The van der Waals surface area contributed by atoms with Gasteiger partial charge in [0.2, 0.25) is 29.4 Å². The van der Waals surface area contributed by atoms with Crippen molar-refractivity contribution in [2.75, 3.05) is 33.8 Å². The van der Waals surface area contributed by atoms with E-state index in [1.54, 1.807) is 33.2 Å². The Morgan fingerprint density at radius 2 is 1.76 bits per heavy atom. The third-order valence-corrected chi connectivity index (χ3v) is 7.55. The number of carbonyl (C=O) groups excluding carboxylic acids is 3. The lowest BCUT2D eigenvalue weighted by molar-refractivity contribution is -0.141. The number of methoxy groups -OCH3 is 1. The number of nitrogens with one attached hydrogen (secondary N) is 2. The Morgan fingerprint density at radius 3 is 2.48 bits per heavy atom. The van der Waals surface area contributed by atoms with Crippen LogP contribution in [0.15, 0.2) is 53.1 Å². The summed E-state index contributed by atoms with van der Waals surface area (Å²) in [5.74, 6) is 0.802. The molecular formula is C30H37ClN6O5. The van der Waals surface area contributed by atoms with Gasteiger partial charge in [0.05, 0.1) is 13.7 Å². The predicted molar refractivity (Wildman–Crippen MR) is 158 cm³/mol. The number of rotatable bonds is 6. The molecule has 0 unspecified atom stereocenters. The minimum Gasteiger partial charge on any atom is -0.497 e. The molecule has 0 radical (unpaired) electrons. The van der Waals surface area contributed by atoms with Crippen molar-refractivity contribution < 1.29 is 23.6 Å². The summed E-state index contributed by atoms with van der Waals surface area (Å²) >= 11 is 5.98. The summed E-state index contributed by atoms with van der Waals surface area (Å²) in [6.07, 6.45) is 1.75. The van der Waals surface area contributed by atoms with E-state index >= 15 is 0 Å². The monoisotopic (exact) mass is 596 g/mol. The van der Waals surface area contributed by atoms with Crippen molar-refractivity contribution in [3.05, 3.63) is 65.0 Å². The molecule has 0 spiro atoms. The second-order valence-electron chi connectivity index (χ2n) is 10.3. The average molecular weight is 597 g/mol. The van der Waals surface area contributed by atoms with Gasteiger partial charge in [-0.3, -0.25) is 19.3 Å². The van der Waals surface area contributed by atoms with Crippen LogP contribution >= 0.6 is 11.6 Å². The van der Waals surface area contributed by atoms with Gasteiger partial charge in [0.1, 0.15) is 17.8 Å². The Kier molecular flexibility index (Phi) is 10.9. The van der Waals surface area contributed by atoms with Crippen molar-refractivity contribution in [1.82, 2.24) is 30.6 Å². The van der Waals surface area contributed by atoms with E-state index in [2.05, 4.69) is 25.7 Å². The molecule has 1 saturated heterocycles. The van der Waals surface area contributed by atoms with Crippen LogP contribution in [0.1, 0.15) is 37.6 Å². The van der Waals surface area contributed by atoms with Gasteiger partial charge in [-0.05, 0) is 68.3 Å². The predicted octanol–water partition coefficient (Wildman–Crippen LogP) is 3.08. The first-order valence-electron chi connectivity index (χ1n) is 14.0. The smallest absolute Gasteiger partial charge is 0.245 e. The molecule has 0 saturated carbocycles. The van der Waals surface area contributed by atoms with E-state index < -0.39 is 12.1 Å². The van der Waals surface area contributed by atoms with Gasteiger partial charge in [-0.15, -0.1) is 0 Å². The Labute approximate surface area is 250 Å². The topological polar surface area (TPSA) is 130 Å². The minimum atomic E-state index is -0.822. The molecule has 0 aliphatic carbocycles. The maximum Gasteiger partial charge on any atom is 0.245 e. The van der Waals surface area contributed by atoms with Gasteiger partial charge in [-0.25, -0.2) is 0 Å². The van der Waals surface area contributed by atoms with Crippen molar-refractivity contribution in [2.24, 2.45) is 0 Å². The van der Waals surface area contributed by atoms with Gasteiger partial charge in [0.25, 0.3) is 0 Å². The Balaban J connectivity index is 1.45. The first-order chi connectivity index (χ1) is 20.2. The van der Waals surface area contributed by atoms with E-state index in [1.807, 2.05) is 36.4 Å². The van der Waals surface area contributed by atoms with Gasteiger partial charge in [0.15, 0.2) is 0 Å². The lowest BCUT2D eigenvalue weighted by atomic mass is 10.0. The van der Waals surface area contributed by atoms with Crippen molar-refractivity contribution in [3.63, 3.8) is 0 Å². The molecule has 3 amide bonds. The lowest BCUT2D eigenvalue weighted by Gasteiger charge is -2.29. The number of hydrogen-bond acceptors (Lipinski definition) is 8. The number of amides is 3. The molecule has 1 fully saturated rings. The molecule has 0 bridgehead atoms. The van der Waals surface area contributed by atoms with Gasteiger partial charge in [-0.2, -0.15) is 4.98 Å².